The number of aliphatic hydroxyl groups is 2. The lowest BCUT2D eigenvalue weighted by molar-refractivity contribution is -0.145. The molecular formula is C23H35N3O9. The zero-order valence-electron chi connectivity index (χ0n) is 20.4. The number of aliphatic hydroxyl groups excluding tert-OH is 2. The van der Waals surface area contributed by atoms with Crippen molar-refractivity contribution in [2.75, 3.05) is 32.9 Å². The highest BCUT2D eigenvalue weighted by Gasteiger charge is 2.35. The van der Waals surface area contributed by atoms with E-state index in [0.29, 0.717) is 0 Å². The zero-order chi connectivity index (χ0) is 26.6. The van der Waals surface area contributed by atoms with Crippen LogP contribution in [-0.2, 0) is 23.9 Å². The molecule has 1 aromatic rings. The Morgan fingerprint density at radius 2 is 1.71 bits per heavy atom. The molecule has 12 nitrogen and oxygen atoms in total. The predicted molar refractivity (Wildman–Crippen MR) is 124 cm³/mol. The van der Waals surface area contributed by atoms with Gasteiger partial charge in [-0.1, -0.05) is 12.1 Å². The van der Waals surface area contributed by atoms with Crippen LogP contribution in [0.5, 0.6) is 5.75 Å². The van der Waals surface area contributed by atoms with Gasteiger partial charge in [0.15, 0.2) is 0 Å². The third kappa shape index (κ3) is 10.2. The molecule has 196 valence electrons. The molecule has 1 rings (SSSR count). The number of alkyl carbamates (subject to hydrolysis) is 1. The summed E-state index contributed by atoms with van der Waals surface area (Å²) >= 11 is 0. The van der Waals surface area contributed by atoms with E-state index in [2.05, 4.69) is 10.6 Å². The third-order valence-electron chi connectivity index (χ3n) is 4.50. The van der Waals surface area contributed by atoms with Crippen molar-refractivity contribution in [3.63, 3.8) is 0 Å². The number of phenols is 1. The molecule has 0 spiro atoms. The Morgan fingerprint density at radius 3 is 2.23 bits per heavy atom. The summed E-state index contributed by atoms with van der Waals surface area (Å²) in [6.45, 7) is 5.00. The number of nitrogens with one attached hydrogen (secondary N) is 2. The van der Waals surface area contributed by atoms with Crippen LogP contribution in [-0.4, -0.2) is 88.6 Å². The summed E-state index contributed by atoms with van der Waals surface area (Å²) in [5, 5.41) is 33.8. The Morgan fingerprint density at radius 1 is 1.09 bits per heavy atom. The van der Waals surface area contributed by atoms with Gasteiger partial charge in [0.1, 0.15) is 23.4 Å². The molecule has 5 N–H and O–H groups in total. The van der Waals surface area contributed by atoms with E-state index in [1.165, 1.54) is 24.3 Å². The van der Waals surface area contributed by atoms with Gasteiger partial charge in [0.05, 0.1) is 26.2 Å². The predicted octanol–water partition coefficient (Wildman–Crippen LogP) is 0.209. The van der Waals surface area contributed by atoms with Crippen molar-refractivity contribution in [2.24, 2.45) is 0 Å². The number of carbonyl (C=O) groups excluding carboxylic acids is 4. The Bertz CT molecular complexity index is 853. The second-order valence-corrected chi connectivity index (χ2v) is 8.48. The number of esters is 1. The molecule has 0 heterocycles. The van der Waals surface area contributed by atoms with Crippen molar-refractivity contribution >= 4 is 23.9 Å². The Balaban J connectivity index is 3.21. The van der Waals surface area contributed by atoms with Crippen molar-refractivity contribution in [3.05, 3.63) is 29.8 Å². The largest absolute Gasteiger partial charge is 0.508 e. The molecule has 0 radical (unpaired) electrons. The molecule has 0 saturated carbocycles. The van der Waals surface area contributed by atoms with E-state index in [4.69, 9.17) is 9.47 Å². The molecule has 2 atom stereocenters. The zero-order valence-corrected chi connectivity index (χ0v) is 20.4. The molecule has 2 unspecified atom stereocenters. The third-order valence-corrected chi connectivity index (χ3v) is 4.50. The van der Waals surface area contributed by atoms with Gasteiger partial charge >= 0.3 is 12.1 Å². The van der Waals surface area contributed by atoms with Crippen molar-refractivity contribution < 1.29 is 44.0 Å². The fourth-order valence-electron chi connectivity index (χ4n) is 3.06. The maximum absolute atomic E-state index is 13.3. The van der Waals surface area contributed by atoms with Gasteiger partial charge < -0.3 is 40.3 Å². The standard InChI is InChI=1S/C23H35N3O9/c1-5-34-18(30)10-11-24-20(31)19(15-6-8-16(29)9-7-15)26(12-13-27)21(32)17(14-28)25-22(33)35-23(2,3)4/h6-9,17,19,27-29H,5,10-14H2,1-4H3,(H,24,31)(H,25,33). The van der Waals surface area contributed by atoms with E-state index in [1.54, 1.807) is 27.7 Å². The van der Waals surface area contributed by atoms with Crippen LogP contribution in [0, 0.1) is 0 Å². The summed E-state index contributed by atoms with van der Waals surface area (Å²) in [6, 6.07) is 2.68. The fourth-order valence-corrected chi connectivity index (χ4v) is 3.06. The van der Waals surface area contributed by atoms with Gasteiger partial charge in [0.2, 0.25) is 11.8 Å². The highest BCUT2D eigenvalue weighted by Crippen LogP contribution is 2.24. The van der Waals surface area contributed by atoms with Crippen LogP contribution >= 0.6 is 0 Å². The first-order valence-electron chi connectivity index (χ1n) is 11.2. The van der Waals surface area contributed by atoms with Crippen molar-refractivity contribution in [2.45, 2.75) is 51.8 Å². The van der Waals surface area contributed by atoms with Crippen molar-refractivity contribution in [1.82, 2.24) is 15.5 Å². The number of hydrogen-bond acceptors (Lipinski definition) is 9. The van der Waals surface area contributed by atoms with E-state index >= 15 is 0 Å². The van der Waals surface area contributed by atoms with E-state index < -0.39 is 54.8 Å². The van der Waals surface area contributed by atoms with Crippen LogP contribution in [0.25, 0.3) is 0 Å². The molecule has 3 amide bonds. The summed E-state index contributed by atoms with van der Waals surface area (Å²) in [7, 11) is 0. The Kier molecular flexibility index (Phi) is 12.0. The average Bonchev–Trinajstić information content (AvgIpc) is 2.77. The van der Waals surface area contributed by atoms with Crippen LogP contribution in [0.2, 0.25) is 0 Å². The van der Waals surface area contributed by atoms with E-state index in [-0.39, 0.29) is 37.4 Å². The quantitative estimate of drug-likeness (QED) is 0.253. The molecule has 12 heteroatoms. The van der Waals surface area contributed by atoms with Gasteiger partial charge in [-0.05, 0) is 45.4 Å². The average molecular weight is 498 g/mol. The minimum Gasteiger partial charge on any atom is -0.508 e. The van der Waals surface area contributed by atoms with Gasteiger partial charge in [-0.25, -0.2) is 4.79 Å². The Hall–Kier alpha value is -3.38. The fraction of sp³-hybridized carbons (Fsp3) is 0.565. The monoisotopic (exact) mass is 497 g/mol. The number of benzene rings is 1. The van der Waals surface area contributed by atoms with Gasteiger partial charge in [-0.3, -0.25) is 14.4 Å². The molecule has 0 aromatic heterocycles. The molecule has 0 fully saturated rings. The lowest BCUT2D eigenvalue weighted by Gasteiger charge is -2.33. The van der Waals surface area contributed by atoms with Crippen LogP contribution in [0.3, 0.4) is 0 Å². The van der Waals surface area contributed by atoms with Crippen LogP contribution in [0.1, 0.15) is 45.7 Å². The number of hydrogen-bond donors (Lipinski definition) is 5. The highest BCUT2D eigenvalue weighted by molar-refractivity contribution is 5.92. The molecule has 0 bridgehead atoms. The second kappa shape index (κ2) is 14.1. The maximum atomic E-state index is 13.3. The molecule has 35 heavy (non-hydrogen) atoms. The van der Waals surface area contributed by atoms with Gasteiger partial charge in [-0.15, -0.1) is 0 Å². The van der Waals surface area contributed by atoms with Crippen molar-refractivity contribution in [3.8, 4) is 5.75 Å². The lowest BCUT2D eigenvalue weighted by Crippen LogP contribution is -2.55. The highest BCUT2D eigenvalue weighted by atomic mass is 16.6. The molecular weight excluding hydrogens is 462 g/mol. The number of aromatic hydroxyl groups is 1. The maximum Gasteiger partial charge on any atom is 0.408 e. The first-order valence-corrected chi connectivity index (χ1v) is 11.2. The van der Waals surface area contributed by atoms with Gasteiger partial charge in [-0.2, -0.15) is 0 Å². The number of ether oxygens (including phenoxy) is 2. The minimum absolute atomic E-state index is 0.0740. The smallest absolute Gasteiger partial charge is 0.408 e. The number of carbonyl (C=O) groups is 4. The Labute approximate surface area is 204 Å². The van der Waals surface area contributed by atoms with Crippen molar-refractivity contribution in [1.29, 1.82) is 0 Å². The summed E-state index contributed by atoms with van der Waals surface area (Å²) in [5.74, 6) is -2.13. The second-order valence-electron chi connectivity index (χ2n) is 8.48. The summed E-state index contributed by atoms with van der Waals surface area (Å²) in [4.78, 5) is 51.2. The molecule has 0 aliphatic rings. The van der Waals surface area contributed by atoms with E-state index in [0.717, 1.165) is 4.90 Å². The summed E-state index contributed by atoms with van der Waals surface area (Å²) in [6.07, 6.45) is -1.05. The number of rotatable bonds is 12. The summed E-state index contributed by atoms with van der Waals surface area (Å²) < 4.78 is 9.96. The van der Waals surface area contributed by atoms with E-state index in [1.807, 2.05) is 0 Å². The van der Waals surface area contributed by atoms with E-state index in [9.17, 15) is 34.5 Å². The van der Waals surface area contributed by atoms with Crippen LogP contribution in [0.4, 0.5) is 4.79 Å². The molecule has 1 aromatic carbocycles. The summed E-state index contributed by atoms with van der Waals surface area (Å²) in [5.41, 5.74) is -0.571. The lowest BCUT2D eigenvalue weighted by atomic mass is 10.0. The van der Waals surface area contributed by atoms with Gasteiger partial charge in [0, 0.05) is 13.1 Å². The molecule has 0 aliphatic heterocycles. The number of amides is 3. The normalized spacial score (nSPS) is 12.7. The minimum atomic E-state index is -1.47. The number of nitrogens with zero attached hydrogens (tertiary/aromatic N) is 1. The van der Waals surface area contributed by atoms with Gasteiger partial charge in [0.25, 0.3) is 0 Å². The topological polar surface area (TPSA) is 175 Å². The first kappa shape index (κ1) is 29.7. The molecule has 0 aliphatic carbocycles. The first-order chi connectivity index (χ1) is 16.4. The van der Waals surface area contributed by atoms with Crippen LogP contribution in [0.15, 0.2) is 24.3 Å². The molecule has 0 saturated heterocycles. The van der Waals surface area contributed by atoms with Crippen LogP contribution < -0.4 is 10.6 Å². The SMILES string of the molecule is CCOC(=O)CCNC(=O)C(c1ccc(O)cc1)N(CCO)C(=O)C(CO)NC(=O)OC(C)(C)C. The number of phenolic OH excluding ortho intramolecular Hbond substituents is 1.